The van der Waals surface area contributed by atoms with Gasteiger partial charge in [0.25, 0.3) is 0 Å². The summed E-state index contributed by atoms with van der Waals surface area (Å²) in [6.07, 6.45) is -1.86. The number of rotatable bonds is 1. The van der Waals surface area contributed by atoms with E-state index in [1.807, 2.05) is 20.8 Å². The summed E-state index contributed by atoms with van der Waals surface area (Å²) >= 11 is 0. The molecule has 0 spiro atoms. The van der Waals surface area contributed by atoms with Crippen molar-refractivity contribution in [2.24, 2.45) is 0 Å². The van der Waals surface area contributed by atoms with Crippen molar-refractivity contribution < 1.29 is 13.2 Å². The van der Waals surface area contributed by atoms with Crippen LogP contribution >= 0.6 is 0 Å². The Balaban J connectivity index is 2.56. The number of nitrogens with zero attached hydrogens (tertiary/aromatic N) is 4. The summed E-state index contributed by atoms with van der Waals surface area (Å²) in [6.45, 7) is 4.69. The topological polar surface area (TPSA) is 43.6 Å². The molecule has 98 valence electrons. The molecule has 0 N–H and O–H groups in total. The van der Waals surface area contributed by atoms with E-state index in [2.05, 4.69) is 15.0 Å². The van der Waals surface area contributed by atoms with Gasteiger partial charge in [0.1, 0.15) is 18.4 Å². The highest BCUT2D eigenvalue weighted by Crippen LogP contribution is 2.27. The van der Waals surface area contributed by atoms with Gasteiger partial charge in [0.15, 0.2) is 5.65 Å². The monoisotopic (exact) mass is 258 g/mol. The van der Waals surface area contributed by atoms with E-state index in [1.54, 1.807) is 0 Å². The smallest absolute Gasteiger partial charge is 0.306 e. The summed E-state index contributed by atoms with van der Waals surface area (Å²) in [5, 5.41) is 0. The Morgan fingerprint density at radius 1 is 1.11 bits per heavy atom. The Morgan fingerprint density at radius 3 is 2.33 bits per heavy atom. The quantitative estimate of drug-likeness (QED) is 0.789. The maximum absolute atomic E-state index is 12.4. The molecule has 2 rings (SSSR count). The summed E-state index contributed by atoms with van der Waals surface area (Å²) in [5.41, 5.74) is 0.994. The molecule has 0 radical (unpaired) electrons. The fourth-order valence-corrected chi connectivity index (χ4v) is 1.74. The zero-order valence-corrected chi connectivity index (χ0v) is 10.3. The Labute approximate surface area is 102 Å². The molecule has 0 saturated heterocycles. The van der Waals surface area contributed by atoms with Gasteiger partial charge in [-0.15, -0.1) is 0 Å². The van der Waals surface area contributed by atoms with Crippen molar-refractivity contribution >= 4 is 11.2 Å². The average Bonchev–Trinajstić information content (AvgIpc) is 2.57. The molecule has 0 atom stereocenters. The summed E-state index contributed by atoms with van der Waals surface area (Å²) in [5.74, 6) is 0. The fourth-order valence-electron chi connectivity index (χ4n) is 1.74. The molecular formula is C11H13F3N4. The fraction of sp³-hybridized carbons (Fsp3) is 0.545. The van der Waals surface area contributed by atoms with Gasteiger partial charge in [0.05, 0.1) is 12.0 Å². The van der Waals surface area contributed by atoms with E-state index in [9.17, 15) is 13.2 Å². The second-order valence-corrected chi connectivity index (χ2v) is 5.13. The van der Waals surface area contributed by atoms with Gasteiger partial charge in [-0.25, -0.2) is 15.0 Å². The minimum absolute atomic E-state index is 0.215. The zero-order valence-electron chi connectivity index (χ0n) is 10.3. The van der Waals surface area contributed by atoms with Gasteiger partial charge in [0.2, 0.25) is 0 Å². The lowest BCUT2D eigenvalue weighted by Crippen LogP contribution is -2.18. The second-order valence-electron chi connectivity index (χ2n) is 5.13. The highest BCUT2D eigenvalue weighted by molar-refractivity contribution is 5.74. The maximum atomic E-state index is 12.4. The van der Waals surface area contributed by atoms with Gasteiger partial charge < -0.3 is 4.57 Å². The number of halogens is 3. The molecule has 0 aliphatic heterocycles. The van der Waals surface area contributed by atoms with Crippen LogP contribution in [0.4, 0.5) is 13.2 Å². The van der Waals surface area contributed by atoms with E-state index in [-0.39, 0.29) is 11.1 Å². The predicted octanol–water partition coefficient (Wildman–Crippen LogP) is 2.69. The number of aromatic nitrogens is 4. The van der Waals surface area contributed by atoms with Crippen molar-refractivity contribution in [3.63, 3.8) is 0 Å². The molecule has 0 aliphatic carbocycles. The number of alkyl halides is 3. The van der Waals surface area contributed by atoms with Crippen molar-refractivity contribution in [3.8, 4) is 0 Å². The van der Waals surface area contributed by atoms with Crippen LogP contribution in [0.15, 0.2) is 12.7 Å². The lowest BCUT2D eigenvalue weighted by molar-refractivity contribution is -0.140. The zero-order chi connectivity index (χ0) is 13.6. The van der Waals surface area contributed by atoms with Crippen LogP contribution in [0.5, 0.6) is 0 Å². The maximum Gasteiger partial charge on any atom is 0.406 e. The molecule has 2 heterocycles. The predicted molar refractivity (Wildman–Crippen MR) is 60.1 cm³/mol. The van der Waals surface area contributed by atoms with Gasteiger partial charge in [-0.2, -0.15) is 13.2 Å². The Kier molecular flexibility index (Phi) is 2.79. The molecule has 0 bridgehead atoms. The van der Waals surface area contributed by atoms with Crippen LogP contribution in [-0.4, -0.2) is 25.7 Å². The second kappa shape index (κ2) is 3.93. The number of hydrogen-bond acceptors (Lipinski definition) is 3. The molecule has 7 heteroatoms. The first-order valence-corrected chi connectivity index (χ1v) is 5.41. The first-order valence-electron chi connectivity index (χ1n) is 5.41. The van der Waals surface area contributed by atoms with E-state index in [0.717, 1.165) is 10.9 Å². The highest BCUT2D eigenvalue weighted by Gasteiger charge is 2.30. The number of hydrogen-bond donors (Lipinski definition) is 0. The molecule has 2 aromatic heterocycles. The third-order valence-corrected chi connectivity index (χ3v) is 2.46. The number of fused-ring (bicyclic) bond motifs is 1. The third kappa shape index (κ3) is 2.44. The van der Waals surface area contributed by atoms with Crippen molar-refractivity contribution in [2.45, 2.75) is 38.9 Å². The lowest BCUT2D eigenvalue weighted by atomic mass is 9.91. The van der Waals surface area contributed by atoms with E-state index in [1.165, 1.54) is 6.33 Å². The SMILES string of the molecule is CC(C)(C)c1ncnc2c1ncn2CC(F)(F)F. The molecule has 2 aromatic rings. The third-order valence-electron chi connectivity index (χ3n) is 2.46. The van der Waals surface area contributed by atoms with Crippen molar-refractivity contribution in [2.75, 3.05) is 0 Å². The Hall–Kier alpha value is -1.66. The van der Waals surface area contributed by atoms with Crippen LogP contribution in [0.3, 0.4) is 0 Å². The van der Waals surface area contributed by atoms with Crippen LogP contribution in [0, 0.1) is 0 Å². The molecule has 4 nitrogen and oxygen atoms in total. The van der Waals surface area contributed by atoms with Crippen LogP contribution < -0.4 is 0 Å². The molecule has 18 heavy (non-hydrogen) atoms. The van der Waals surface area contributed by atoms with E-state index < -0.39 is 12.7 Å². The molecule has 0 unspecified atom stereocenters. The van der Waals surface area contributed by atoms with Gasteiger partial charge in [-0.3, -0.25) is 0 Å². The molecular weight excluding hydrogens is 245 g/mol. The lowest BCUT2D eigenvalue weighted by Gasteiger charge is -2.17. The highest BCUT2D eigenvalue weighted by atomic mass is 19.4. The normalized spacial score (nSPS) is 13.2. The van der Waals surface area contributed by atoms with Crippen LogP contribution in [-0.2, 0) is 12.0 Å². The molecule has 0 fully saturated rings. The Morgan fingerprint density at radius 2 is 1.78 bits per heavy atom. The largest absolute Gasteiger partial charge is 0.406 e. The summed E-state index contributed by atoms with van der Waals surface area (Å²) in [7, 11) is 0. The standard InChI is InChI=1S/C11H13F3N4/c1-10(2,3)8-7-9(16-5-15-8)18(6-17-7)4-11(12,13)14/h5-6H,4H2,1-3H3. The van der Waals surface area contributed by atoms with Crippen LogP contribution in [0.25, 0.3) is 11.2 Å². The molecule has 0 aromatic carbocycles. The van der Waals surface area contributed by atoms with Gasteiger partial charge in [-0.1, -0.05) is 20.8 Å². The molecule has 0 amide bonds. The van der Waals surface area contributed by atoms with Crippen molar-refractivity contribution in [3.05, 3.63) is 18.3 Å². The van der Waals surface area contributed by atoms with Crippen molar-refractivity contribution in [1.29, 1.82) is 0 Å². The molecule has 0 aliphatic rings. The van der Waals surface area contributed by atoms with Gasteiger partial charge in [0, 0.05) is 5.41 Å². The van der Waals surface area contributed by atoms with E-state index in [0.29, 0.717) is 11.2 Å². The average molecular weight is 258 g/mol. The minimum Gasteiger partial charge on any atom is -0.306 e. The van der Waals surface area contributed by atoms with E-state index in [4.69, 9.17) is 0 Å². The number of imidazole rings is 1. The van der Waals surface area contributed by atoms with Crippen molar-refractivity contribution in [1.82, 2.24) is 19.5 Å². The van der Waals surface area contributed by atoms with Crippen LogP contribution in [0.2, 0.25) is 0 Å². The first-order chi connectivity index (χ1) is 8.18. The summed E-state index contributed by atoms with van der Waals surface area (Å²) in [4.78, 5) is 12.0. The van der Waals surface area contributed by atoms with Gasteiger partial charge >= 0.3 is 6.18 Å². The summed E-state index contributed by atoms with van der Waals surface area (Å²) in [6, 6.07) is 0. The van der Waals surface area contributed by atoms with Gasteiger partial charge in [-0.05, 0) is 0 Å². The Bertz CT molecular complexity index is 566. The first kappa shape index (κ1) is 12.8. The minimum atomic E-state index is -4.29. The van der Waals surface area contributed by atoms with Crippen LogP contribution in [0.1, 0.15) is 26.5 Å². The van der Waals surface area contributed by atoms with E-state index >= 15 is 0 Å². The summed E-state index contributed by atoms with van der Waals surface area (Å²) < 4.78 is 38.2. The molecule has 0 saturated carbocycles.